The van der Waals surface area contributed by atoms with E-state index in [0.29, 0.717) is 24.1 Å². The Kier molecular flexibility index (Phi) is 5.16. The van der Waals surface area contributed by atoms with Crippen LogP contribution in [0, 0.1) is 0 Å². The third-order valence-corrected chi connectivity index (χ3v) is 3.32. The van der Waals surface area contributed by atoms with Gasteiger partial charge in [0.05, 0.1) is 12.1 Å². The highest BCUT2D eigenvalue weighted by atomic mass is 16.5. The number of carbonyl (C=O) groups is 1. The van der Waals surface area contributed by atoms with Gasteiger partial charge in [0.15, 0.2) is 5.58 Å². The molecule has 0 bridgehead atoms. The van der Waals surface area contributed by atoms with Crippen LogP contribution < -0.4 is 11.5 Å². The van der Waals surface area contributed by atoms with Gasteiger partial charge in [-0.05, 0) is 37.5 Å². The first-order valence-corrected chi connectivity index (χ1v) is 7.14. The van der Waals surface area contributed by atoms with Gasteiger partial charge in [-0.2, -0.15) is 0 Å². The fraction of sp³-hybridized carbons (Fsp3) is 0.467. The van der Waals surface area contributed by atoms with Crippen LogP contribution in [-0.4, -0.2) is 17.6 Å². The van der Waals surface area contributed by atoms with Crippen molar-refractivity contribution in [2.45, 2.75) is 38.6 Å². The molecule has 0 aliphatic rings. The summed E-state index contributed by atoms with van der Waals surface area (Å²) in [5.74, 6) is -0.633. The molecule has 21 heavy (non-hydrogen) atoms. The molecule has 2 aromatic rings. The van der Waals surface area contributed by atoms with Crippen LogP contribution in [0.2, 0.25) is 0 Å². The minimum atomic E-state index is -0.467. The molecule has 0 amide bonds. The zero-order valence-corrected chi connectivity index (χ0v) is 12.1. The van der Waals surface area contributed by atoms with E-state index in [0.717, 1.165) is 24.8 Å². The average molecular weight is 292 g/mol. The molecule has 6 nitrogen and oxygen atoms in total. The quantitative estimate of drug-likeness (QED) is 0.602. The smallest absolute Gasteiger partial charge is 0.417 e. The number of esters is 1. The SMILES string of the molecule is CCOC(=O)CCCCC(N)c1ccc2[nH]c(=O)oc2c1. The van der Waals surface area contributed by atoms with Crippen molar-refractivity contribution in [1.82, 2.24) is 4.98 Å². The van der Waals surface area contributed by atoms with E-state index >= 15 is 0 Å². The molecule has 1 unspecified atom stereocenters. The average Bonchev–Trinajstić information content (AvgIpc) is 2.82. The van der Waals surface area contributed by atoms with Gasteiger partial charge in [-0.3, -0.25) is 9.78 Å². The first-order chi connectivity index (χ1) is 10.1. The van der Waals surface area contributed by atoms with Crippen molar-refractivity contribution in [1.29, 1.82) is 0 Å². The van der Waals surface area contributed by atoms with Gasteiger partial charge in [0.2, 0.25) is 0 Å². The Labute approximate surface area is 122 Å². The minimum absolute atomic E-state index is 0.142. The van der Waals surface area contributed by atoms with Gasteiger partial charge < -0.3 is 14.9 Å². The van der Waals surface area contributed by atoms with E-state index in [-0.39, 0.29) is 12.0 Å². The van der Waals surface area contributed by atoms with Crippen molar-refractivity contribution in [3.8, 4) is 0 Å². The summed E-state index contributed by atoms with van der Waals surface area (Å²) in [5, 5.41) is 0. The summed E-state index contributed by atoms with van der Waals surface area (Å²) >= 11 is 0. The molecule has 0 aliphatic heterocycles. The number of benzene rings is 1. The lowest BCUT2D eigenvalue weighted by Crippen LogP contribution is -2.10. The first kappa shape index (κ1) is 15.3. The lowest BCUT2D eigenvalue weighted by molar-refractivity contribution is -0.143. The molecule has 0 radical (unpaired) electrons. The summed E-state index contributed by atoms with van der Waals surface area (Å²) in [5.41, 5.74) is 8.22. The molecular weight excluding hydrogens is 272 g/mol. The largest absolute Gasteiger partial charge is 0.466 e. The lowest BCUT2D eigenvalue weighted by Gasteiger charge is -2.11. The van der Waals surface area contributed by atoms with Crippen molar-refractivity contribution in [3.63, 3.8) is 0 Å². The maximum absolute atomic E-state index is 11.2. The van der Waals surface area contributed by atoms with E-state index in [1.165, 1.54) is 0 Å². The number of aromatic nitrogens is 1. The van der Waals surface area contributed by atoms with E-state index in [1.54, 1.807) is 19.1 Å². The third kappa shape index (κ3) is 4.19. The normalized spacial score (nSPS) is 12.5. The van der Waals surface area contributed by atoms with Crippen LogP contribution in [0.5, 0.6) is 0 Å². The standard InChI is InChI=1S/C15H20N2O4/c1-2-20-14(18)6-4-3-5-11(16)10-7-8-12-13(9-10)21-15(19)17-12/h7-9,11H,2-6,16H2,1H3,(H,17,19). The minimum Gasteiger partial charge on any atom is -0.466 e. The Balaban J connectivity index is 1.85. The summed E-state index contributed by atoms with van der Waals surface area (Å²) in [7, 11) is 0. The summed E-state index contributed by atoms with van der Waals surface area (Å²) in [6.45, 7) is 2.21. The van der Waals surface area contributed by atoms with E-state index in [9.17, 15) is 9.59 Å². The number of oxazole rings is 1. The van der Waals surface area contributed by atoms with Crippen LogP contribution in [0.25, 0.3) is 11.1 Å². The molecule has 1 aromatic carbocycles. The Bertz CT molecular complexity index is 659. The second-order valence-electron chi connectivity index (χ2n) is 4.93. The molecule has 1 aromatic heterocycles. The number of unbranched alkanes of at least 4 members (excludes halogenated alkanes) is 1. The summed E-state index contributed by atoms with van der Waals surface area (Å²) in [6, 6.07) is 5.30. The predicted molar refractivity (Wildman–Crippen MR) is 78.9 cm³/mol. The van der Waals surface area contributed by atoms with E-state index in [2.05, 4.69) is 4.98 Å². The second kappa shape index (κ2) is 7.08. The summed E-state index contributed by atoms with van der Waals surface area (Å²) < 4.78 is 9.88. The molecule has 2 rings (SSSR count). The third-order valence-electron chi connectivity index (χ3n) is 3.32. The summed E-state index contributed by atoms with van der Waals surface area (Å²) in [4.78, 5) is 24.9. The molecule has 114 valence electrons. The van der Waals surface area contributed by atoms with Gasteiger partial charge in [-0.25, -0.2) is 4.79 Å². The number of hydrogen-bond donors (Lipinski definition) is 2. The Morgan fingerprint density at radius 3 is 3.00 bits per heavy atom. The number of carbonyl (C=O) groups excluding carboxylic acids is 1. The topological polar surface area (TPSA) is 98.3 Å². The van der Waals surface area contributed by atoms with Gasteiger partial charge in [0.25, 0.3) is 0 Å². The fourth-order valence-corrected chi connectivity index (χ4v) is 2.23. The van der Waals surface area contributed by atoms with Gasteiger partial charge in [-0.1, -0.05) is 12.5 Å². The zero-order valence-electron chi connectivity index (χ0n) is 12.1. The molecule has 0 saturated carbocycles. The van der Waals surface area contributed by atoms with Gasteiger partial charge >= 0.3 is 11.7 Å². The monoisotopic (exact) mass is 292 g/mol. The number of fused-ring (bicyclic) bond motifs is 1. The highest BCUT2D eigenvalue weighted by molar-refractivity contribution is 5.72. The predicted octanol–water partition coefficient (Wildman–Crippen LogP) is 2.24. The number of ether oxygens (including phenoxy) is 1. The van der Waals surface area contributed by atoms with Crippen molar-refractivity contribution in [3.05, 3.63) is 34.3 Å². The number of H-pyrrole nitrogens is 1. The lowest BCUT2D eigenvalue weighted by atomic mass is 10.0. The second-order valence-corrected chi connectivity index (χ2v) is 4.93. The number of hydrogen-bond acceptors (Lipinski definition) is 5. The van der Waals surface area contributed by atoms with Gasteiger partial charge in [0, 0.05) is 12.5 Å². The van der Waals surface area contributed by atoms with E-state index in [4.69, 9.17) is 14.9 Å². The van der Waals surface area contributed by atoms with Crippen LogP contribution in [0.1, 0.15) is 44.2 Å². The van der Waals surface area contributed by atoms with Crippen LogP contribution in [0.15, 0.2) is 27.4 Å². The molecule has 0 spiro atoms. The molecule has 6 heteroatoms. The Morgan fingerprint density at radius 1 is 1.43 bits per heavy atom. The zero-order chi connectivity index (χ0) is 15.2. The van der Waals surface area contributed by atoms with Crippen molar-refractivity contribution < 1.29 is 13.9 Å². The molecule has 0 saturated heterocycles. The van der Waals surface area contributed by atoms with Gasteiger partial charge in [-0.15, -0.1) is 0 Å². The van der Waals surface area contributed by atoms with Crippen molar-refractivity contribution in [2.24, 2.45) is 5.73 Å². The van der Waals surface area contributed by atoms with Gasteiger partial charge in [0.1, 0.15) is 0 Å². The molecule has 1 atom stereocenters. The number of aromatic amines is 1. The van der Waals surface area contributed by atoms with Crippen LogP contribution in [0.3, 0.4) is 0 Å². The first-order valence-electron chi connectivity index (χ1n) is 7.14. The highest BCUT2D eigenvalue weighted by Crippen LogP contribution is 2.21. The maximum Gasteiger partial charge on any atom is 0.417 e. The van der Waals surface area contributed by atoms with E-state index < -0.39 is 5.76 Å². The molecule has 0 aliphatic carbocycles. The van der Waals surface area contributed by atoms with Crippen molar-refractivity contribution >= 4 is 17.1 Å². The van der Waals surface area contributed by atoms with Crippen LogP contribution in [-0.2, 0) is 9.53 Å². The molecular formula is C15H20N2O4. The maximum atomic E-state index is 11.2. The van der Waals surface area contributed by atoms with Crippen LogP contribution in [0.4, 0.5) is 0 Å². The number of nitrogens with one attached hydrogen (secondary N) is 1. The van der Waals surface area contributed by atoms with E-state index in [1.807, 2.05) is 6.07 Å². The molecule has 0 fully saturated rings. The number of rotatable bonds is 7. The Hall–Kier alpha value is -2.08. The molecule has 1 heterocycles. The van der Waals surface area contributed by atoms with Crippen LogP contribution >= 0.6 is 0 Å². The van der Waals surface area contributed by atoms with Crippen molar-refractivity contribution in [2.75, 3.05) is 6.61 Å². The molecule has 3 N–H and O–H groups in total. The summed E-state index contributed by atoms with van der Waals surface area (Å²) in [6.07, 6.45) is 2.79. The Morgan fingerprint density at radius 2 is 2.24 bits per heavy atom. The number of nitrogens with two attached hydrogens (primary N) is 1. The highest BCUT2D eigenvalue weighted by Gasteiger charge is 2.09. The fourth-order valence-electron chi connectivity index (χ4n) is 2.23.